The zero-order valence-electron chi connectivity index (χ0n) is 35.0. The van der Waals surface area contributed by atoms with Gasteiger partial charge >= 0.3 is 17.9 Å². The number of hydrogen-bond acceptors (Lipinski definition) is 12. The maximum Gasteiger partial charge on any atom is 0.314 e. The standard InChI is InChI=1S/C48H50ClNO11S/c1-50(37-17-19-38(20-18-37)60-47(55)34-14-12-33(13-15-34)46(54)59-27-26-57-2)45(53)32-6-4-30(5-7-32)28-41(52)31-8-10-35(11-9-31)48(56)61-42-23-21-39(58-3)29-36(42)16-22-40(51)43-24-25-44(49)62-43/h4-7,16-25,29,31,33-35H,8-15,26-28H2,1-3H3/b22-16+. The number of ketones is 2. The van der Waals surface area contributed by atoms with Gasteiger partial charge in [-0.05, 0) is 136 Å². The Morgan fingerprint density at radius 1 is 0.694 bits per heavy atom. The van der Waals surface area contributed by atoms with E-state index in [2.05, 4.69) is 0 Å². The summed E-state index contributed by atoms with van der Waals surface area (Å²) in [6, 6.07) is 22.0. The first kappa shape index (κ1) is 45.9. The van der Waals surface area contributed by atoms with Crippen molar-refractivity contribution in [1.29, 1.82) is 0 Å². The van der Waals surface area contributed by atoms with Crippen LogP contribution in [0.15, 0.2) is 84.9 Å². The Balaban J connectivity index is 0.940. The third-order valence-corrected chi connectivity index (χ3v) is 12.7. The predicted octanol–water partition coefficient (Wildman–Crippen LogP) is 9.01. The molecule has 12 nitrogen and oxygen atoms in total. The second-order valence-electron chi connectivity index (χ2n) is 15.5. The molecule has 1 aromatic heterocycles. The molecule has 0 N–H and O–H groups in total. The van der Waals surface area contributed by atoms with Crippen LogP contribution >= 0.6 is 22.9 Å². The van der Waals surface area contributed by atoms with Gasteiger partial charge in [0, 0.05) is 43.3 Å². The molecule has 3 aromatic carbocycles. The van der Waals surface area contributed by atoms with Crippen LogP contribution in [0.25, 0.3) is 6.08 Å². The van der Waals surface area contributed by atoms with Gasteiger partial charge in [0.05, 0.1) is 40.7 Å². The zero-order valence-corrected chi connectivity index (χ0v) is 36.5. The molecule has 0 unspecified atom stereocenters. The molecule has 0 radical (unpaired) electrons. The number of Topliss-reactive ketones (excluding diaryl/α,β-unsaturated/α-hetero) is 1. The molecule has 0 aliphatic heterocycles. The van der Waals surface area contributed by atoms with Gasteiger partial charge in [0.15, 0.2) is 5.78 Å². The average molecular weight is 884 g/mol. The molecule has 2 aliphatic carbocycles. The number of hydrogen-bond donors (Lipinski definition) is 0. The number of ether oxygens (including phenoxy) is 5. The van der Waals surface area contributed by atoms with Crippen LogP contribution in [0.4, 0.5) is 5.69 Å². The summed E-state index contributed by atoms with van der Waals surface area (Å²) >= 11 is 7.16. The molecule has 0 bridgehead atoms. The number of rotatable bonds is 17. The van der Waals surface area contributed by atoms with E-state index in [1.165, 1.54) is 29.4 Å². The second kappa shape index (κ2) is 21.9. The van der Waals surface area contributed by atoms with Gasteiger partial charge in [-0.1, -0.05) is 23.7 Å². The monoisotopic (exact) mass is 883 g/mol. The smallest absolute Gasteiger partial charge is 0.314 e. The Morgan fingerprint density at radius 2 is 1.29 bits per heavy atom. The fourth-order valence-electron chi connectivity index (χ4n) is 7.68. The van der Waals surface area contributed by atoms with E-state index < -0.39 is 0 Å². The van der Waals surface area contributed by atoms with E-state index in [1.807, 2.05) is 0 Å². The number of carbonyl (C=O) groups is 6. The van der Waals surface area contributed by atoms with Crippen LogP contribution in [0, 0.1) is 23.7 Å². The molecule has 0 spiro atoms. The number of halogens is 1. The second-order valence-corrected chi connectivity index (χ2v) is 17.2. The Hall–Kier alpha value is -5.63. The molecule has 6 rings (SSSR count). The highest BCUT2D eigenvalue weighted by Gasteiger charge is 2.33. The van der Waals surface area contributed by atoms with Crippen molar-refractivity contribution in [3.8, 4) is 17.2 Å². The number of amides is 1. The minimum absolute atomic E-state index is 0.0826. The topological polar surface area (TPSA) is 152 Å². The minimum atomic E-state index is -0.387. The summed E-state index contributed by atoms with van der Waals surface area (Å²) in [5.41, 5.74) is 2.36. The van der Waals surface area contributed by atoms with Crippen LogP contribution in [0.2, 0.25) is 4.34 Å². The lowest BCUT2D eigenvalue weighted by atomic mass is 9.79. The van der Waals surface area contributed by atoms with Gasteiger partial charge in [0.1, 0.15) is 29.6 Å². The third kappa shape index (κ3) is 12.3. The highest BCUT2D eigenvalue weighted by atomic mass is 35.5. The first-order chi connectivity index (χ1) is 29.9. The van der Waals surface area contributed by atoms with E-state index in [1.54, 1.807) is 99.1 Å². The van der Waals surface area contributed by atoms with Gasteiger partial charge in [-0.25, -0.2) is 0 Å². The van der Waals surface area contributed by atoms with Crippen molar-refractivity contribution in [2.75, 3.05) is 39.4 Å². The average Bonchev–Trinajstić information content (AvgIpc) is 3.74. The number of allylic oxidation sites excluding steroid dienone is 1. The molecule has 1 amide bonds. The molecule has 0 atom stereocenters. The Kier molecular flexibility index (Phi) is 16.2. The molecule has 4 aromatic rings. The van der Waals surface area contributed by atoms with E-state index in [-0.39, 0.29) is 72.1 Å². The van der Waals surface area contributed by atoms with Crippen molar-refractivity contribution in [2.24, 2.45) is 23.7 Å². The first-order valence-electron chi connectivity index (χ1n) is 20.7. The molecule has 326 valence electrons. The van der Waals surface area contributed by atoms with Gasteiger partial charge in [0.2, 0.25) is 0 Å². The summed E-state index contributed by atoms with van der Waals surface area (Å²) in [5, 5.41) is 0. The van der Waals surface area contributed by atoms with Crippen LogP contribution in [-0.4, -0.2) is 69.9 Å². The van der Waals surface area contributed by atoms with Crippen LogP contribution in [0.3, 0.4) is 0 Å². The van der Waals surface area contributed by atoms with Crippen molar-refractivity contribution in [2.45, 2.75) is 57.8 Å². The maximum atomic E-state index is 13.4. The molecule has 2 saturated carbocycles. The summed E-state index contributed by atoms with van der Waals surface area (Å²) in [5.74, 6) is -1.26. The highest BCUT2D eigenvalue weighted by Crippen LogP contribution is 2.34. The molecule has 2 aliphatic rings. The maximum absolute atomic E-state index is 13.4. The lowest BCUT2D eigenvalue weighted by Crippen LogP contribution is -2.30. The van der Waals surface area contributed by atoms with Crippen molar-refractivity contribution in [1.82, 2.24) is 0 Å². The third-order valence-electron chi connectivity index (χ3n) is 11.4. The van der Waals surface area contributed by atoms with Gasteiger partial charge in [-0.3, -0.25) is 28.8 Å². The summed E-state index contributed by atoms with van der Waals surface area (Å²) in [6.07, 6.45) is 7.53. The molecular formula is C48H50ClNO11S. The number of methoxy groups -OCH3 is 2. The first-order valence-corrected chi connectivity index (χ1v) is 21.9. The van der Waals surface area contributed by atoms with Gasteiger partial charge in [-0.2, -0.15) is 0 Å². The lowest BCUT2D eigenvalue weighted by Gasteiger charge is -2.26. The van der Waals surface area contributed by atoms with E-state index in [0.29, 0.717) is 101 Å². The molecular weight excluding hydrogens is 834 g/mol. The van der Waals surface area contributed by atoms with Gasteiger partial charge in [0.25, 0.3) is 5.91 Å². The Labute approximate surface area is 370 Å². The van der Waals surface area contributed by atoms with Crippen molar-refractivity contribution >= 4 is 70.1 Å². The Morgan fingerprint density at radius 3 is 1.89 bits per heavy atom. The summed E-state index contributed by atoms with van der Waals surface area (Å²) in [4.78, 5) is 79.7. The van der Waals surface area contributed by atoms with E-state index in [0.717, 1.165) is 5.56 Å². The predicted molar refractivity (Wildman–Crippen MR) is 235 cm³/mol. The Bertz CT molecular complexity index is 2250. The molecule has 14 heteroatoms. The molecule has 0 saturated heterocycles. The highest BCUT2D eigenvalue weighted by molar-refractivity contribution is 7.18. The van der Waals surface area contributed by atoms with Crippen molar-refractivity contribution in [3.05, 3.63) is 111 Å². The van der Waals surface area contributed by atoms with Crippen LogP contribution in [0.5, 0.6) is 17.2 Å². The number of thiophene rings is 1. The number of esters is 3. The van der Waals surface area contributed by atoms with Gasteiger partial charge < -0.3 is 28.6 Å². The number of benzene rings is 3. The fourth-order valence-corrected chi connectivity index (χ4v) is 8.64. The van der Waals surface area contributed by atoms with Crippen LogP contribution in [-0.2, 0) is 35.1 Å². The summed E-state index contributed by atoms with van der Waals surface area (Å²) < 4.78 is 27.5. The lowest BCUT2D eigenvalue weighted by molar-refractivity contribution is -0.153. The van der Waals surface area contributed by atoms with E-state index >= 15 is 0 Å². The molecule has 1 heterocycles. The van der Waals surface area contributed by atoms with Crippen molar-refractivity contribution < 1.29 is 52.5 Å². The summed E-state index contributed by atoms with van der Waals surface area (Å²) in [7, 11) is 4.73. The van der Waals surface area contributed by atoms with Crippen LogP contribution in [0.1, 0.15) is 82.5 Å². The molecule has 62 heavy (non-hydrogen) atoms. The zero-order chi connectivity index (χ0) is 44.2. The van der Waals surface area contributed by atoms with Crippen molar-refractivity contribution in [3.63, 3.8) is 0 Å². The summed E-state index contributed by atoms with van der Waals surface area (Å²) in [6.45, 7) is 0.559. The fraction of sp³-hybridized carbons (Fsp3) is 0.375. The number of anilines is 1. The number of carbonyl (C=O) groups excluding carboxylic acids is 6. The van der Waals surface area contributed by atoms with Crippen LogP contribution < -0.4 is 19.1 Å². The minimum Gasteiger partial charge on any atom is -0.497 e. The number of nitrogens with zero attached hydrogens (tertiary/aromatic N) is 1. The quantitative estimate of drug-likeness (QED) is 0.0329. The largest absolute Gasteiger partial charge is 0.497 e. The van der Waals surface area contributed by atoms with Gasteiger partial charge in [-0.15, -0.1) is 11.3 Å². The molecule has 2 fully saturated rings. The van der Waals surface area contributed by atoms with E-state index in [9.17, 15) is 28.8 Å². The van der Waals surface area contributed by atoms with E-state index in [4.69, 9.17) is 35.3 Å². The SMILES string of the molecule is COCCOC(=O)C1CCC(C(=O)Oc2ccc(N(C)C(=O)c3ccc(CC(=O)C4CCC(C(=O)Oc5ccc(OC)cc5/C=C/C(=O)c5ccc(Cl)s5)CC4)cc3)cc2)CC1. The normalized spacial score (nSPS) is 18.7.